The van der Waals surface area contributed by atoms with Crippen LogP contribution in [-0.2, 0) is 17.8 Å². The molecule has 2 heterocycles. The second-order valence-electron chi connectivity index (χ2n) is 7.10. The van der Waals surface area contributed by atoms with Crippen LogP contribution in [0.25, 0.3) is 10.1 Å². The van der Waals surface area contributed by atoms with E-state index in [-0.39, 0.29) is 24.4 Å². The van der Waals surface area contributed by atoms with Crippen LogP contribution in [0.5, 0.6) is 0 Å². The van der Waals surface area contributed by atoms with Crippen molar-refractivity contribution in [3.8, 4) is 0 Å². The van der Waals surface area contributed by atoms with Gasteiger partial charge in [-0.1, -0.05) is 25.1 Å². The minimum Gasteiger partial charge on any atom is -0.352 e. The maximum atomic E-state index is 12.6. The molecule has 1 atom stereocenters. The van der Waals surface area contributed by atoms with Crippen molar-refractivity contribution < 1.29 is 4.79 Å². The van der Waals surface area contributed by atoms with E-state index in [0.29, 0.717) is 6.04 Å². The Hall–Kier alpha value is -1.10. The van der Waals surface area contributed by atoms with E-state index in [1.165, 1.54) is 33.4 Å². The van der Waals surface area contributed by atoms with Gasteiger partial charge >= 0.3 is 0 Å². The number of hydrogen-bond donors (Lipinski definition) is 2. The van der Waals surface area contributed by atoms with Crippen molar-refractivity contribution in [1.29, 1.82) is 0 Å². The fraction of sp³-hybridized carbons (Fsp3) is 0.526. The van der Waals surface area contributed by atoms with E-state index < -0.39 is 0 Å². The van der Waals surface area contributed by atoms with E-state index in [4.69, 9.17) is 0 Å². The molecule has 4 rings (SSSR count). The first-order valence-electron chi connectivity index (χ1n) is 8.74. The van der Waals surface area contributed by atoms with Crippen LogP contribution in [-0.4, -0.2) is 18.0 Å². The number of rotatable bonds is 2. The Morgan fingerprint density at radius 3 is 2.75 bits per heavy atom. The number of benzene rings is 1. The molecule has 24 heavy (non-hydrogen) atoms. The molecule has 1 aromatic carbocycles. The van der Waals surface area contributed by atoms with Gasteiger partial charge in [0, 0.05) is 22.2 Å². The van der Waals surface area contributed by atoms with Crippen molar-refractivity contribution >= 4 is 39.7 Å². The Bertz CT molecular complexity index is 721. The van der Waals surface area contributed by atoms with Crippen molar-refractivity contribution in [1.82, 2.24) is 10.6 Å². The Balaban J connectivity index is 0.00000169. The molecule has 1 saturated carbocycles. The molecule has 1 aliphatic heterocycles. The number of amides is 1. The van der Waals surface area contributed by atoms with Gasteiger partial charge in [0.2, 0.25) is 5.91 Å². The monoisotopic (exact) mass is 364 g/mol. The van der Waals surface area contributed by atoms with Gasteiger partial charge in [-0.3, -0.25) is 4.79 Å². The van der Waals surface area contributed by atoms with E-state index in [1.807, 2.05) is 11.3 Å². The summed E-state index contributed by atoms with van der Waals surface area (Å²) >= 11 is 1.86. The van der Waals surface area contributed by atoms with Crippen LogP contribution in [0.3, 0.4) is 0 Å². The first-order chi connectivity index (χ1) is 11.2. The molecule has 1 aromatic heterocycles. The number of thiophene rings is 1. The molecule has 1 fully saturated rings. The molecule has 0 bridgehead atoms. The smallest absolute Gasteiger partial charge is 0.237 e. The lowest BCUT2D eigenvalue weighted by Crippen LogP contribution is -2.50. The standard InChI is InChI=1S/C19H24N2OS.ClH/c1-12-6-8-13(9-7-12)21-19(22)16-10-15-14-4-2-3-5-17(14)23-18(15)11-20-16;/h2-5,12-13,16,20H,6-11H2,1H3,(H,21,22);1H/t12?,13?,16-;/m1./s1. The van der Waals surface area contributed by atoms with Gasteiger partial charge in [0.25, 0.3) is 0 Å². The molecule has 1 amide bonds. The molecule has 0 radical (unpaired) electrons. The van der Waals surface area contributed by atoms with E-state index in [9.17, 15) is 4.79 Å². The number of carbonyl (C=O) groups is 1. The second-order valence-corrected chi connectivity index (χ2v) is 8.24. The molecule has 2 aromatic rings. The third kappa shape index (κ3) is 3.46. The quantitative estimate of drug-likeness (QED) is 0.844. The van der Waals surface area contributed by atoms with Crippen LogP contribution < -0.4 is 10.6 Å². The van der Waals surface area contributed by atoms with Gasteiger partial charge in [-0.2, -0.15) is 0 Å². The summed E-state index contributed by atoms with van der Waals surface area (Å²) in [5, 5.41) is 8.05. The van der Waals surface area contributed by atoms with Gasteiger partial charge in [0.05, 0.1) is 6.04 Å². The largest absolute Gasteiger partial charge is 0.352 e. The highest BCUT2D eigenvalue weighted by Crippen LogP contribution is 2.34. The van der Waals surface area contributed by atoms with Gasteiger partial charge in [-0.05, 0) is 55.0 Å². The van der Waals surface area contributed by atoms with E-state index in [0.717, 1.165) is 31.7 Å². The molecule has 1 aliphatic carbocycles. The summed E-state index contributed by atoms with van der Waals surface area (Å²) < 4.78 is 1.33. The van der Waals surface area contributed by atoms with Gasteiger partial charge in [-0.25, -0.2) is 0 Å². The highest BCUT2D eigenvalue weighted by atomic mass is 35.5. The number of fused-ring (bicyclic) bond motifs is 3. The molecule has 0 saturated heterocycles. The predicted octanol–water partition coefficient (Wildman–Crippen LogP) is 4.03. The van der Waals surface area contributed by atoms with Crippen LogP contribution in [0.1, 0.15) is 43.0 Å². The average Bonchev–Trinajstić information content (AvgIpc) is 2.94. The maximum Gasteiger partial charge on any atom is 0.237 e. The number of carbonyl (C=O) groups excluding carboxylic acids is 1. The lowest BCUT2D eigenvalue weighted by molar-refractivity contribution is -0.124. The number of nitrogens with one attached hydrogen (secondary N) is 2. The number of hydrogen-bond acceptors (Lipinski definition) is 3. The van der Waals surface area contributed by atoms with Gasteiger partial charge in [-0.15, -0.1) is 23.7 Å². The topological polar surface area (TPSA) is 41.1 Å². The Labute approximate surface area is 153 Å². The zero-order chi connectivity index (χ0) is 15.8. The summed E-state index contributed by atoms with van der Waals surface area (Å²) in [6.45, 7) is 3.12. The van der Waals surface area contributed by atoms with Gasteiger partial charge < -0.3 is 10.6 Å². The number of halogens is 1. The molecular weight excluding hydrogens is 340 g/mol. The third-order valence-electron chi connectivity index (χ3n) is 5.38. The third-order valence-corrected chi connectivity index (χ3v) is 6.59. The van der Waals surface area contributed by atoms with Crippen molar-refractivity contribution in [2.24, 2.45) is 5.92 Å². The molecule has 2 aliphatic rings. The van der Waals surface area contributed by atoms with Gasteiger partial charge in [0.15, 0.2) is 0 Å². The van der Waals surface area contributed by atoms with Crippen molar-refractivity contribution in [2.75, 3.05) is 0 Å². The Morgan fingerprint density at radius 2 is 1.96 bits per heavy atom. The fourth-order valence-electron chi connectivity index (χ4n) is 3.90. The van der Waals surface area contributed by atoms with E-state index in [2.05, 4.69) is 41.8 Å². The maximum absolute atomic E-state index is 12.6. The van der Waals surface area contributed by atoms with Crippen LogP contribution >= 0.6 is 23.7 Å². The summed E-state index contributed by atoms with van der Waals surface area (Å²) in [6.07, 6.45) is 5.55. The molecular formula is C19H25ClN2OS. The van der Waals surface area contributed by atoms with Crippen LogP contribution in [0.4, 0.5) is 0 Å². The molecule has 0 spiro atoms. The normalized spacial score (nSPS) is 26.5. The summed E-state index contributed by atoms with van der Waals surface area (Å²) in [5.41, 5.74) is 1.38. The summed E-state index contributed by atoms with van der Waals surface area (Å²) in [4.78, 5) is 14.0. The Morgan fingerprint density at radius 1 is 1.21 bits per heavy atom. The van der Waals surface area contributed by atoms with Crippen LogP contribution in [0, 0.1) is 5.92 Å². The average molecular weight is 365 g/mol. The lowest BCUT2D eigenvalue weighted by Gasteiger charge is -2.30. The highest BCUT2D eigenvalue weighted by molar-refractivity contribution is 7.19. The summed E-state index contributed by atoms with van der Waals surface area (Å²) in [6, 6.07) is 8.84. The molecule has 2 N–H and O–H groups in total. The lowest BCUT2D eigenvalue weighted by atomic mass is 9.87. The summed E-state index contributed by atoms with van der Waals surface area (Å²) in [7, 11) is 0. The zero-order valence-corrected chi connectivity index (χ0v) is 15.6. The first kappa shape index (κ1) is 17.7. The van der Waals surface area contributed by atoms with E-state index in [1.54, 1.807) is 0 Å². The van der Waals surface area contributed by atoms with Crippen molar-refractivity contribution in [2.45, 2.75) is 57.7 Å². The fourth-order valence-corrected chi connectivity index (χ4v) is 5.09. The second kappa shape index (κ2) is 7.42. The minimum atomic E-state index is -0.0835. The van der Waals surface area contributed by atoms with Crippen LogP contribution in [0.15, 0.2) is 24.3 Å². The van der Waals surface area contributed by atoms with Gasteiger partial charge in [0.1, 0.15) is 0 Å². The molecule has 5 heteroatoms. The van der Waals surface area contributed by atoms with Crippen molar-refractivity contribution in [3.63, 3.8) is 0 Å². The van der Waals surface area contributed by atoms with E-state index >= 15 is 0 Å². The van der Waals surface area contributed by atoms with Crippen molar-refractivity contribution in [3.05, 3.63) is 34.7 Å². The minimum absolute atomic E-state index is 0. The zero-order valence-electron chi connectivity index (χ0n) is 14.0. The first-order valence-corrected chi connectivity index (χ1v) is 9.55. The highest BCUT2D eigenvalue weighted by Gasteiger charge is 2.29. The molecule has 0 unspecified atom stereocenters. The summed E-state index contributed by atoms with van der Waals surface area (Å²) in [5.74, 6) is 1.00. The SMILES string of the molecule is CC1CCC(NC(=O)[C@H]2Cc3c(sc4ccccc34)CN2)CC1.Cl. The molecule has 130 valence electrons. The predicted molar refractivity (Wildman–Crippen MR) is 103 cm³/mol. The van der Waals surface area contributed by atoms with Crippen LogP contribution in [0.2, 0.25) is 0 Å². The Kier molecular flexibility index (Phi) is 5.48. The molecule has 3 nitrogen and oxygen atoms in total.